The highest BCUT2D eigenvalue weighted by Gasteiger charge is 2.15. The third-order valence-electron chi connectivity index (χ3n) is 2.72. The molecule has 0 aliphatic carbocycles. The standard InChI is InChI=1S/C14H21NO5/c1-5-20-14(16)15-9-8-10-6-7-11(17-2)13(19-4)12(10)18-3/h6-7H,5,8-9H2,1-4H3,(H,15,16). The average Bonchev–Trinajstić information content (AvgIpc) is 2.46. The van der Waals surface area contributed by atoms with E-state index in [-0.39, 0.29) is 0 Å². The second-order valence-corrected chi connectivity index (χ2v) is 3.89. The summed E-state index contributed by atoms with van der Waals surface area (Å²) in [6.07, 6.45) is 0.175. The molecule has 1 aromatic carbocycles. The van der Waals surface area contributed by atoms with Gasteiger partial charge < -0.3 is 24.3 Å². The van der Waals surface area contributed by atoms with Crippen LogP contribution in [0.3, 0.4) is 0 Å². The Balaban J connectivity index is 2.77. The van der Waals surface area contributed by atoms with E-state index in [1.54, 1.807) is 34.3 Å². The molecule has 0 unspecified atom stereocenters. The van der Waals surface area contributed by atoms with Crippen LogP contribution in [0, 0.1) is 0 Å². The molecule has 0 saturated carbocycles. The third kappa shape index (κ3) is 3.94. The summed E-state index contributed by atoms with van der Waals surface area (Å²) < 4.78 is 20.7. The number of nitrogens with one attached hydrogen (secondary N) is 1. The molecule has 0 spiro atoms. The van der Waals surface area contributed by atoms with Gasteiger partial charge in [0.25, 0.3) is 0 Å². The average molecular weight is 283 g/mol. The van der Waals surface area contributed by atoms with E-state index < -0.39 is 6.09 Å². The molecule has 0 radical (unpaired) electrons. The normalized spacial score (nSPS) is 9.80. The highest BCUT2D eigenvalue weighted by Crippen LogP contribution is 2.39. The van der Waals surface area contributed by atoms with Gasteiger partial charge in [0, 0.05) is 12.1 Å². The van der Waals surface area contributed by atoms with Crippen molar-refractivity contribution < 1.29 is 23.7 Å². The van der Waals surface area contributed by atoms with Gasteiger partial charge in [0.05, 0.1) is 27.9 Å². The molecular weight excluding hydrogens is 262 g/mol. The fraction of sp³-hybridized carbons (Fsp3) is 0.500. The molecule has 0 bridgehead atoms. The lowest BCUT2D eigenvalue weighted by molar-refractivity contribution is 0.152. The fourth-order valence-electron chi connectivity index (χ4n) is 1.84. The number of carbonyl (C=O) groups excluding carboxylic acids is 1. The van der Waals surface area contributed by atoms with E-state index in [2.05, 4.69) is 5.32 Å². The lowest BCUT2D eigenvalue weighted by atomic mass is 10.1. The van der Waals surface area contributed by atoms with Gasteiger partial charge in [0.2, 0.25) is 5.75 Å². The number of hydrogen-bond donors (Lipinski definition) is 1. The SMILES string of the molecule is CCOC(=O)NCCc1ccc(OC)c(OC)c1OC. The number of carbonyl (C=O) groups is 1. The Kier molecular flexibility index (Phi) is 6.49. The van der Waals surface area contributed by atoms with E-state index in [0.717, 1.165) is 5.56 Å². The van der Waals surface area contributed by atoms with Gasteiger partial charge in [-0.05, 0) is 19.4 Å². The highest BCUT2D eigenvalue weighted by molar-refractivity contribution is 5.67. The van der Waals surface area contributed by atoms with Crippen molar-refractivity contribution in [3.63, 3.8) is 0 Å². The summed E-state index contributed by atoms with van der Waals surface area (Å²) in [6.45, 7) is 2.56. The van der Waals surface area contributed by atoms with E-state index in [0.29, 0.717) is 36.8 Å². The second kappa shape index (κ2) is 8.14. The predicted octanol–water partition coefficient (Wildman–Crippen LogP) is 2.00. The molecule has 0 aliphatic heterocycles. The molecule has 6 nitrogen and oxygen atoms in total. The molecule has 0 aliphatic rings. The van der Waals surface area contributed by atoms with Crippen molar-refractivity contribution in [1.82, 2.24) is 5.32 Å². The molecule has 0 aromatic heterocycles. The zero-order chi connectivity index (χ0) is 15.0. The Morgan fingerprint density at radius 1 is 1.10 bits per heavy atom. The van der Waals surface area contributed by atoms with Crippen LogP contribution in [-0.2, 0) is 11.2 Å². The van der Waals surface area contributed by atoms with Crippen molar-refractivity contribution in [3.05, 3.63) is 17.7 Å². The number of methoxy groups -OCH3 is 3. The second-order valence-electron chi connectivity index (χ2n) is 3.89. The van der Waals surface area contributed by atoms with Crippen molar-refractivity contribution >= 4 is 6.09 Å². The molecule has 1 amide bonds. The van der Waals surface area contributed by atoms with Crippen LogP contribution in [0.5, 0.6) is 17.2 Å². The molecule has 0 heterocycles. The summed E-state index contributed by atoms with van der Waals surface area (Å²) in [7, 11) is 4.69. The lowest BCUT2D eigenvalue weighted by Gasteiger charge is -2.15. The van der Waals surface area contributed by atoms with Gasteiger partial charge in [-0.3, -0.25) is 0 Å². The first-order chi connectivity index (χ1) is 9.67. The first-order valence-corrected chi connectivity index (χ1v) is 6.36. The molecule has 6 heteroatoms. The zero-order valence-electron chi connectivity index (χ0n) is 12.3. The molecule has 1 aromatic rings. The van der Waals surface area contributed by atoms with Crippen LogP contribution in [0.15, 0.2) is 12.1 Å². The Labute approximate surface area is 119 Å². The zero-order valence-corrected chi connectivity index (χ0v) is 12.3. The van der Waals surface area contributed by atoms with Crippen LogP contribution in [-0.4, -0.2) is 40.6 Å². The number of alkyl carbamates (subject to hydrolysis) is 1. The van der Waals surface area contributed by atoms with Gasteiger partial charge in [-0.15, -0.1) is 0 Å². The topological polar surface area (TPSA) is 66.0 Å². The molecule has 1 N–H and O–H groups in total. The van der Waals surface area contributed by atoms with Crippen molar-refractivity contribution in [2.24, 2.45) is 0 Å². The van der Waals surface area contributed by atoms with Crippen molar-refractivity contribution in [2.75, 3.05) is 34.5 Å². The summed E-state index contributed by atoms with van der Waals surface area (Å²) in [6, 6.07) is 3.69. The number of amides is 1. The van der Waals surface area contributed by atoms with Crippen LogP contribution in [0.1, 0.15) is 12.5 Å². The van der Waals surface area contributed by atoms with Crippen LogP contribution in [0.25, 0.3) is 0 Å². The summed E-state index contributed by atoms with van der Waals surface area (Å²) in [5.74, 6) is 1.76. The largest absolute Gasteiger partial charge is 0.493 e. The molecule has 112 valence electrons. The van der Waals surface area contributed by atoms with Crippen LogP contribution >= 0.6 is 0 Å². The molecule has 20 heavy (non-hydrogen) atoms. The highest BCUT2D eigenvalue weighted by atomic mass is 16.5. The Morgan fingerprint density at radius 3 is 2.35 bits per heavy atom. The first kappa shape index (κ1) is 15.9. The van der Waals surface area contributed by atoms with Gasteiger partial charge in [-0.1, -0.05) is 6.07 Å². The predicted molar refractivity (Wildman–Crippen MR) is 74.8 cm³/mol. The molecule has 0 atom stereocenters. The van der Waals surface area contributed by atoms with Crippen molar-refractivity contribution in [2.45, 2.75) is 13.3 Å². The minimum Gasteiger partial charge on any atom is -0.493 e. The summed E-state index contributed by atoms with van der Waals surface area (Å²) in [4.78, 5) is 11.2. The van der Waals surface area contributed by atoms with Gasteiger partial charge >= 0.3 is 6.09 Å². The number of ether oxygens (including phenoxy) is 4. The summed E-state index contributed by atoms with van der Waals surface area (Å²) in [5.41, 5.74) is 0.918. The minimum absolute atomic E-state index is 0.353. The monoisotopic (exact) mass is 283 g/mol. The maximum atomic E-state index is 11.2. The van der Waals surface area contributed by atoms with E-state index in [1.165, 1.54) is 0 Å². The van der Waals surface area contributed by atoms with Gasteiger partial charge in [0.1, 0.15) is 0 Å². The fourth-order valence-corrected chi connectivity index (χ4v) is 1.84. The van der Waals surface area contributed by atoms with Crippen molar-refractivity contribution in [1.29, 1.82) is 0 Å². The number of rotatable bonds is 7. The molecule has 1 rings (SSSR count). The Bertz CT molecular complexity index is 447. The van der Waals surface area contributed by atoms with Crippen molar-refractivity contribution in [3.8, 4) is 17.2 Å². The van der Waals surface area contributed by atoms with Gasteiger partial charge in [-0.2, -0.15) is 0 Å². The van der Waals surface area contributed by atoms with E-state index in [4.69, 9.17) is 18.9 Å². The minimum atomic E-state index is -0.424. The molecular formula is C14H21NO5. The maximum absolute atomic E-state index is 11.2. The van der Waals surface area contributed by atoms with Crippen LogP contribution < -0.4 is 19.5 Å². The smallest absolute Gasteiger partial charge is 0.407 e. The van der Waals surface area contributed by atoms with Crippen LogP contribution in [0.2, 0.25) is 0 Å². The van der Waals surface area contributed by atoms with E-state index >= 15 is 0 Å². The quantitative estimate of drug-likeness (QED) is 0.829. The first-order valence-electron chi connectivity index (χ1n) is 6.36. The Hall–Kier alpha value is -2.11. The third-order valence-corrected chi connectivity index (χ3v) is 2.72. The summed E-state index contributed by atoms with van der Waals surface area (Å²) in [5, 5.41) is 2.66. The maximum Gasteiger partial charge on any atom is 0.407 e. The summed E-state index contributed by atoms with van der Waals surface area (Å²) >= 11 is 0. The molecule has 0 fully saturated rings. The van der Waals surface area contributed by atoms with Gasteiger partial charge in [0.15, 0.2) is 11.5 Å². The molecule has 0 saturated heterocycles. The van der Waals surface area contributed by atoms with E-state index in [1.807, 2.05) is 6.07 Å². The van der Waals surface area contributed by atoms with E-state index in [9.17, 15) is 4.79 Å². The Morgan fingerprint density at radius 2 is 1.80 bits per heavy atom. The van der Waals surface area contributed by atoms with Gasteiger partial charge in [-0.25, -0.2) is 4.79 Å². The lowest BCUT2D eigenvalue weighted by Crippen LogP contribution is -2.26. The number of hydrogen-bond acceptors (Lipinski definition) is 5. The van der Waals surface area contributed by atoms with Crippen LogP contribution in [0.4, 0.5) is 4.79 Å². The number of benzene rings is 1.